The van der Waals surface area contributed by atoms with E-state index in [4.69, 9.17) is 0 Å². The van der Waals surface area contributed by atoms with Crippen molar-refractivity contribution in [1.82, 2.24) is 10.3 Å². The van der Waals surface area contributed by atoms with Crippen LogP contribution in [-0.4, -0.2) is 11.5 Å². The number of rotatable bonds is 4. The molecule has 0 bridgehead atoms. The van der Waals surface area contributed by atoms with E-state index in [2.05, 4.69) is 41.7 Å². The number of hydrogen-bond acceptors (Lipinski definition) is 4. The van der Waals surface area contributed by atoms with Gasteiger partial charge in [-0.25, -0.2) is 4.98 Å². The second-order valence-corrected chi connectivity index (χ2v) is 5.33. The smallest absolute Gasteiger partial charge is 0.133 e. The number of aromatic nitrogens is 1. The Kier molecular flexibility index (Phi) is 3.51. The lowest BCUT2D eigenvalue weighted by Gasteiger charge is -2.07. The summed E-state index contributed by atoms with van der Waals surface area (Å²) in [7, 11) is 0. The highest BCUT2D eigenvalue weighted by Crippen LogP contribution is 2.31. The van der Waals surface area contributed by atoms with Gasteiger partial charge in [0, 0.05) is 17.1 Å². The molecule has 0 aliphatic heterocycles. The van der Waals surface area contributed by atoms with Crippen molar-refractivity contribution in [2.24, 2.45) is 0 Å². The Balaban J connectivity index is 2.17. The van der Waals surface area contributed by atoms with Crippen LogP contribution in [0.1, 0.15) is 24.8 Å². The molecule has 1 N–H and O–H groups in total. The standard InChI is InChI=1S/C11H14N2S2/c1-3-12-8(2)10-7-13-11(15-10)9-5-4-6-14-9/h4-8,12H,3H2,1-2H3. The van der Waals surface area contributed by atoms with E-state index in [1.807, 2.05) is 6.20 Å². The molecule has 0 fully saturated rings. The minimum Gasteiger partial charge on any atom is -0.310 e. The first kappa shape index (κ1) is 10.8. The zero-order valence-electron chi connectivity index (χ0n) is 8.86. The first-order valence-electron chi connectivity index (χ1n) is 5.04. The molecule has 0 saturated heterocycles. The fourth-order valence-corrected chi connectivity index (χ4v) is 3.15. The molecule has 0 amide bonds. The lowest BCUT2D eigenvalue weighted by molar-refractivity contribution is 0.606. The second-order valence-electron chi connectivity index (χ2n) is 3.32. The van der Waals surface area contributed by atoms with Crippen LogP contribution < -0.4 is 5.32 Å². The molecular weight excluding hydrogens is 224 g/mol. The Morgan fingerprint density at radius 3 is 3.07 bits per heavy atom. The molecule has 0 radical (unpaired) electrons. The summed E-state index contributed by atoms with van der Waals surface area (Å²) in [6, 6.07) is 4.58. The van der Waals surface area contributed by atoms with Gasteiger partial charge < -0.3 is 5.32 Å². The maximum atomic E-state index is 4.45. The van der Waals surface area contributed by atoms with Gasteiger partial charge in [0.2, 0.25) is 0 Å². The molecule has 1 unspecified atom stereocenters. The quantitative estimate of drug-likeness (QED) is 0.881. The third-order valence-electron chi connectivity index (χ3n) is 2.19. The van der Waals surface area contributed by atoms with Gasteiger partial charge in [0.05, 0.1) is 4.88 Å². The highest BCUT2D eigenvalue weighted by Gasteiger charge is 2.10. The fraction of sp³-hybridized carbons (Fsp3) is 0.364. The topological polar surface area (TPSA) is 24.9 Å². The van der Waals surface area contributed by atoms with E-state index in [-0.39, 0.29) is 0 Å². The summed E-state index contributed by atoms with van der Waals surface area (Å²) < 4.78 is 0. The first-order valence-corrected chi connectivity index (χ1v) is 6.74. The number of nitrogens with one attached hydrogen (secondary N) is 1. The van der Waals surface area contributed by atoms with Crippen molar-refractivity contribution in [2.75, 3.05) is 6.54 Å². The van der Waals surface area contributed by atoms with Crippen molar-refractivity contribution in [2.45, 2.75) is 19.9 Å². The third kappa shape index (κ3) is 2.45. The third-order valence-corrected chi connectivity index (χ3v) is 4.41. The van der Waals surface area contributed by atoms with Crippen LogP contribution in [0.5, 0.6) is 0 Å². The van der Waals surface area contributed by atoms with Crippen LogP contribution in [-0.2, 0) is 0 Å². The summed E-state index contributed by atoms with van der Waals surface area (Å²) >= 11 is 3.52. The summed E-state index contributed by atoms with van der Waals surface area (Å²) in [4.78, 5) is 7.02. The fourth-order valence-electron chi connectivity index (χ4n) is 1.41. The number of hydrogen-bond donors (Lipinski definition) is 1. The Hall–Kier alpha value is -0.710. The zero-order chi connectivity index (χ0) is 10.7. The van der Waals surface area contributed by atoms with E-state index < -0.39 is 0 Å². The van der Waals surface area contributed by atoms with E-state index in [0.717, 1.165) is 11.6 Å². The van der Waals surface area contributed by atoms with Crippen LogP contribution >= 0.6 is 22.7 Å². The minimum absolute atomic E-state index is 0.404. The molecule has 0 spiro atoms. The van der Waals surface area contributed by atoms with E-state index in [0.29, 0.717) is 6.04 Å². The van der Waals surface area contributed by atoms with Crippen LogP contribution in [0.2, 0.25) is 0 Å². The molecule has 2 nitrogen and oxygen atoms in total. The van der Waals surface area contributed by atoms with Gasteiger partial charge in [-0.1, -0.05) is 13.0 Å². The Morgan fingerprint density at radius 2 is 2.40 bits per heavy atom. The largest absolute Gasteiger partial charge is 0.310 e. The Morgan fingerprint density at radius 1 is 1.53 bits per heavy atom. The average Bonchev–Trinajstić information content (AvgIpc) is 2.89. The van der Waals surface area contributed by atoms with Crippen molar-refractivity contribution >= 4 is 22.7 Å². The molecule has 0 aliphatic rings. The molecule has 0 saturated carbocycles. The van der Waals surface area contributed by atoms with Gasteiger partial charge in [-0.15, -0.1) is 22.7 Å². The zero-order valence-corrected chi connectivity index (χ0v) is 10.5. The summed E-state index contributed by atoms with van der Waals surface area (Å²) in [5, 5.41) is 6.61. The molecule has 2 heterocycles. The summed E-state index contributed by atoms with van der Waals surface area (Å²) in [6.07, 6.45) is 1.98. The molecule has 80 valence electrons. The molecular formula is C11H14N2S2. The minimum atomic E-state index is 0.404. The van der Waals surface area contributed by atoms with Crippen molar-refractivity contribution in [1.29, 1.82) is 0 Å². The van der Waals surface area contributed by atoms with E-state index in [9.17, 15) is 0 Å². The maximum absolute atomic E-state index is 4.45. The lowest BCUT2D eigenvalue weighted by Crippen LogP contribution is -2.16. The van der Waals surface area contributed by atoms with Crippen LogP contribution in [0.15, 0.2) is 23.7 Å². The molecule has 2 aromatic rings. The Bertz CT molecular complexity index is 406. The number of thiophene rings is 1. The highest BCUT2D eigenvalue weighted by atomic mass is 32.1. The van der Waals surface area contributed by atoms with E-state index in [1.54, 1.807) is 22.7 Å². The van der Waals surface area contributed by atoms with E-state index in [1.165, 1.54) is 9.75 Å². The molecule has 0 aliphatic carbocycles. The summed E-state index contributed by atoms with van der Waals surface area (Å²) in [6.45, 7) is 5.29. The number of nitrogens with zero attached hydrogens (tertiary/aromatic N) is 1. The first-order chi connectivity index (χ1) is 7.31. The molecule has 2 aromatic heterocycles. The second kappa shape index (κ2) is 4.88. The summed E-state index contributed by atoms with van der Waals surface area (Å²) in [5.74, 6) is 0. The van der Waals surface area contributed by atoms with Gasteiger partial charge in [0.25, 0.3) is 0 Å². The van der Waals surface area contributed by atoms with Crippen LogP contribution in [0, 0.1) is 0 Å². The molecule has 4 heteroatoms. The monoisotopic (exact) mass is 238 g/mol. The Labute approximate surface area is 98.0 Å². The van der Waals surface area contributed by atoms with Crippen molar-refractivity contribution < 1.29 is 0 Å². The van der Waals surface area contributed by atoms with Crippen molar-refractivity contribution in [3.63, 3.8) is 0 Å². The van der Waals surface area contributed by atoms with Gasteiger partial charge in [-0.05, 0) is 24.9 Å². The van der Waals surface area contributed by atoms with Gasteiger partial charge >= 0.3 is 0 Å². The molecule has 2 rings (SSSR count). The van der Waals surface area contributed by atoms with Crippen molar-refractivity contribution in [3.05, 3.63) is 28.6 Å². The highest BCUT2D eigenvalue weighted by molar-refractivity contribution is 7.21. The van der Waals surface area contributed by atoms with Crippen LogP contribution in [0.3, 0.4) is 0 Å². The van der Waals surface area contributed by atoms with Gasteiger partial charge in [-0.3, -0.25) is 0 Å². The van der Waals surface area contributed by atoms with Crippen LogP contribution in [0.25, 0.3) is 9.88 Å². The molecule has 1 atom stereocenters. The SMILES string of the molecule is CCNC(C)c1cnc(-c2cccs2)s1. The van der Waals surface area contributed by atoms with Gasteiger partial charge in [0.1, 0.15) is 5.01 Å². The van der Waals surface area contributed by atoms with E-state index >= 15 is 0 Å². The van der Waals surface area contributed by atoms with Gasteiger partial charge in [-0.2, -0.15) is 0 Å². The van der Waals surface area contributed by atoms with Crippen molar-refractivity contribution in [3.8, 4) is 9.88 Å². The maximum Gasteiger partial charge on any atom is 0.133 e. The number of thiazole rings is 1. The predicted octanol–water partition coefficient (Wildman–Crippen LogP) is 3.54. The molecule has 0 aromatic carbocycles. The lowest BCUT2D eigenvalue weighted by atomic mass is 10.3. The molecule has 15 heavy (non-hydrogen) atoms. The normalized spacial score (nSPS) is 12.9. The average molecular weight is 238 g/mol. The summed E-state index contributed by atoms with van der Waals surface area (Å²) in [5.41, 5.74) is 0. The van der Waals surface area contributed by atoms with Crippen LogP contribution in [0.4, 0.5) is 0 Å². The predicted molar refractivity (Wildman–Crippen MR) is 67.5 cm³/mol. The van der Waals surface area contributed by atoms with Gasteiger partial charge in [0.15, 0.2) is 0 Å².